The predicted octanol–water partition coefficient (Wildman–Crippen LogP) is 4.47. The van der Waals surface area contributed by atoms with Crippen molar-refractivity contribution < 1.29 is 19.4 Å². The number of carbonyl (C=O) groups is 2. The molecule has 6 heteroatoms. The van der Waals surface area contributed by atoms with Crippen molar-refractivity contribution in [2.24, 2.45) is 5.92 Å². The van der Waals surface area contributed by atoms with Crippen LogP contribution in [0.2, 0.25) is 0 Å². The number of ketones is 1. The minimum absolute atomic E-state index is 0.0409. The molecule has 0 saturated heterocycles. The summed E-state index contributed by atoms with van der Waals surface area (Å²) in [5.74, 6) is -1.27. The summed E-state index contributed by atoms with van der Waals surface area (Å²) in [5, 5.41) is 19.7. The number of hydrogen-bond acceptors (Lipinski definition) is 5. The molecule has 1 amide bonds. The van der Waals surface area contributed by atoms with Crippen molar-refractivity contribution in [2.45, 2.75) is 39.8 Å². The van der Waals surface area contributed by atoms with Crippen molar-refractivity contribution in [2.75, 3.05) is 4.90 Å². The molecule has 0 fully saturated rings. The molecule has 1 unspecified atom stereocenters. The Morgan fingerprint density at radius 2 is 1.80 bits per heavy atom. The molecule has 1 heterocycles. The Morgan fingerprint density at radius 3 is 2.37 bits per heavy atom. The van der Waals surface area contributed by atoms with Crippen LogP contribution < -0.4 is 9.64 Å². The van der Waals surface area contributed by atoms with Gasteiger partial charge >= 0.3 is 0 Å². The van der Waals surface area contributed by atoms with Gasteiger partial charge in [0.1, 0.15) is 5.75 Å². The summed E-state index contributed by atoms with van der Waals surface area (Å²) in [7, 11) is 0. The Balaban J connectivity index is 2.16. The van der Waals surface area contributed by atoms with Crippen molar-refractivity contribution >= 4 is 17.4 Å². The van der Waals surface area contributed by atoms with Gasteiger partial charge in [-0.15, -0.1) is 0 Å². The lowest BCUT2D eigenvalue weighted by Crippen LogP contribution is -2.31. The van der Waals surface area contributed by atoms with E-state index in [1.54, 1.807) is 62.4 Å². The number of rotatable bonds is 6. The van der Waals surface area contributed by atoms with Crippen LogP contribution >= 0.6 is 0 Å². The van der Waals surface area contributed by atoms with E-state index >= 15 is 0 Å². The number of hydrogen-bond donors (Lipinski definition) is 1. The van der Waals surface area contributed by atoms with E-state index in [2.05, 4.69) is 0 Å². The zero-order valence-electron chi connectivity index (χ0n) is 17.4. The first-order chi connectivity index (χ1) is 14.2. The summed E-state index contributed by atoms with van der Waals surface area (Å²) >= 11 is 0. The predicted molar refractivity (Wildman–Crippen MR) is 113 cm³/mol. The van der Waals surface area contributed by atoms with Crippen molar-refractivity contribution in [1.29, 1.82) is 5.26 Å². The zero-order chi connectivity index (χ0) is 22.0. The lowest BCUT2D eigenvalue weighted by atomic mass is 9.91. The number of aliphatic hydroxyl groups excluding tert-OH is 1. The summed E-state index contributed by atoms with van der Waals surface area (Å²) in [4.78, 5) is 27.4. The first kappa shape index (κ1) is 21.1. The standard InChI is InChI=1S/C24H24N2O4/c1-14(2)22(27)20-21(17-6-5-7-19(12-17)30-15(3)4)26(24(29)23(20)28)18-10-8-16(13-25)9-11-18/h5-12,14-15,21,28H,1-4H3. The molecule has 30 heavy (non-hydrogen) atoms. The van der Waals surface area contributed by atoms with Crippen LogP contribution in [-0.4, -0.2) is 22.9 Å². The fourth-order valence-corrected chi connectivity index (χ4v) is 3.48. The number of nitriles is 1. The molecule has 0 spiro atoms. The number of benzene rings is 2. The van der Waals surface area contributed by atoms with Gasteiger partial charge in [-0.25, -0.2) is 0 Å². The van der Waals surface area contributed by atoms with Crippen LogP contribution in [0.15, 0.2) is 59.9 Å². The quantitative estimate of drug-likeness (QED) is 0.767. The zero-order valence-corrected chi connectivity index (χ0v) is 17.4. The molecule has 2 aromatic carbocycles. The van der Waals surface area contributed by atoms with Crippen LogP contribution in [0.5, 0.6) is 5.75 Å². The third kappa shape index (κ3) is 3.92. The largest absolute Gasteiger partial charge is 0.503 e. The molecule has 0 aliphatic carbocycles. The van der Waals surface area contributed by atoms with E-state index in [1.807, 2.05) is 19.9 Å². The van der Waals surface area contributed by atoms with Gasteiger partial charge < -0.3 is 9.84 Å². The molecule has 0 bridgehead atoms. The SMILES string of the molecule is CC(C)Oc1cccc(C2C(C(=O)C(C)C)=C(O)C(=O)N2c2ccc(C#N)cc2)c1. The second-order valence-corrected chi connectivity index (χ2v) is 7.76. The summed E-state index contributed by atoms with van der Waals surface area (Å²) in [6.45, 7) is 7.28. The molecule has 2 aromatic rings. The molecule has 6 nitrogen and oxygen atoms in total. The van der Waals surface area contributed by atoms with Crippen molar-refractivity contribution in [3.63, 3.8) is 0 Å². The first-order valence-corrected chi connectivity index (χ1v) is 9.82. The summed E-state index contributed by atoms with van der Waals surface area (Å²) in [6, 6.07) is 14.9. The van der Waals surface area contributed by atoms with E-state index in [9.17, 15) is 14.7 Å². The average Bonchev–Trinajstić information content (AvgIpc) is 2.98. The molecule has 0 radical (unpaired) electrons. The van der Waals surface area contributed by atoms with Crippen LogP contribution in [0.3, 0.4) is 0 Å². The number of ether oxygens (including phenoxy) is 1. The van der Waals surface area contributed by atoms with Gasteiger partial charge in [-0.2, -0.15) is 5.26 Å². The van der Waals surface area contributed by atoms with Gasteiger partial charge in [-0.3, -0.25) is 14.5 Å². The smallest absolute Gasteiger partial charge is 0.294 e. The van der Waals surface area contributed by atoms with Crippen LogP contribution in [0.4, 0.5) is 5.69 Å². The number of carbonyl (C=O) groups excluding carboxylic acids is 2. The molecule has 1 aliphatic rings. The van der Waals surface area contributed by atoms with Gasteiger partial charge in [-0.05, 0) is 55.8 Å². The second kappa shape index (κ2) is 8.42. The third-order valence-corrected chi connectivity index (χ3v) is 4.82. The van der Waals surface area contributed by atoms with Gasteiger partial charge in [0.25, 0.3) is 5.91 Å². The molecule has 1 N–H and O–H groups in total. The molecule has 0 saturated carbocycles. The second-order valence-electron chi connectivity index (χ2n) is 7.76. The maximum Gasteiger partial charge on any atom is 0.294 e. The summed E-state index contributed by atoms with van der Waals surface area (Å²) in [6.07, 6.45) is -0.0409. The topological polar surface area (TPSA) is 90.6 Å². The van der Waals surface area contributed by atoms with Gasteiger partial charge in [-0.1, -0.05) is 26.0 Å². The normalized spacial score (nSPS) is 16.4. The number of amides is 1. The Labute approximate surface area is 176 Å². The Bertz CT molecular complexity index is 1050. The lowest BCUT2D eigenvalue weighted by molar-refractivity contribution is -0.119. The van der Waals surface area contributed by atoms with Gasteiger partial charge in [0, 0.05) is 11.6 Å². The molecule has 154 valence electrons. The van der Waals surface area contributed by atoms with E-state index in [0.717, 1.165) is 0 Å². The molecular weight excluding hydrogens is 380 g/mol. The van der Waals surface area contributed by atoms with Gasteiger partial charge in [0.2, 0.25) is 0 Å². The Hall–Kier alpha value is -3.59. The Kier molecular flexibility index (Phi) is 5.93. The monoisotopic (exact) mass is 404 g/mol. The van der Waals surface area contributed by atoms with E-state index in [4.69, 9.17) is 10.00 Å². The van der Waals surface area contributed by atoms with Crippen LogP contribution in [0.25, 0.3) is 0 Å². The minimum Gasteiger partial charge on any atom is -0.503 e. The van der Waals surface area contributed by atoms with Crippen molar-refractivity contribution in [3.05, 3.63) is 71.0 Å². The van der Waals surface area contributed by atoms with E-state index in [0.29, 0.717) is 22.6 Å². The average molecular weight is 404 g/mol. The summed E-state index contributed by atoms with van der Waals surface area (Å²) < 4.78 is 5.78. The van der Waals surface area contributed by atoms with Crippen LogP contribution in [-0.2, 0) is 9.59 Å². The number of anilines is 1. The Morgan fingerprint density at radius 1 is 1.13 bits per heavy atom. The highest BCUT2D eigenvalue weighted by atomic mass is 16.5. The highest BCUT2D eigenvalue weighted by molar-refractivity contribution is 6.16. The molecule has 3 rings (SSSR count). The molecule has 0 aromatic heterocycles. The van der Waals surface area contributed by atoms with Crippen LogP contribution in [0, 0.1) is 17.2 Å². The molecule has 1 atom stereocenters. The fraction of sp³-hybridized carbons (Fsp3) is 0.292. The summed E-state index contributed by atoms with van der Waals surface area (Å²) in [5.41, 5.74) is 1.65. The van der Waals surface area contributed by atoms with Gasteiger partial charge in [0.15, 0.2) is 11.5 Å². The third-order valence-electron chi connectivity index (χ3n) is 4.82. The van der Waals surface area contributed by atoms with Gasteiger partial charge in [0.05, 0.1) is 29.4 Å². The van der Waals surface area contributed by atoms with E-state index in [1.165, 1.54) is 4.90 Å². The fourth-order valence-electron chi connectivity index (χ4n) is 3.48. The number of Topliss-reactive ketones (excluding diaryl/α,β-unsaturated/α-hetero) is 1. The van der Waals surface area contributed by atoms with Crippen molar-refractivity contribution in [1.82, 2.24) is 0 Å². The van der Waals surface area contributed by atoms with Crippen LogP contribution in [0.1, 0.15) is 44.9 Å². The molecular formula is C24H24N2O4. The minimum atomic E-state index is -0.795. The highest BCUT2D eigenvalue weighted by Crippen LogP contribution is 2.42. The maximum absolute atomic E-state index is 13.0. The first-order valence-electron chi connectivity index (χ1n) is 9.82. The molecule has 1 aliphatic heterocycles. The maximum atomic E-state index is 13.0. The number of nitrogens with zero attached hydrogens (tertiary/aromatic N) is 2. The van der Waals surface area contributed by atoms with E-state index in [-0.39, 0.29) is 17.5 Å². The number of aliphatic hydroxyl groups is 1. The van der Waals surface area contributed by atoms with Crippen molar-refractivity contribution in [3.8, 4) is 11.8 Å². The highest BCUT2D eigenvalue weighted by Gasteiger charge is 2.44. The van der Waals surface area contributed by atoms with E-state index < -0.39 is 23.6 Å². The lowest BCUT2D eigenvalue weighted by Gasteiger charge is -2.27.